The van der Waals surface area contributed by atoms with Gasteiger partial charge in [-0.3, -0.25) is 20.4 Å². The average molecular weight is 372 g/mol. The Morgan fingerprint density at radius 1 is 1.12 bits per heavy atom. The van der Waals surface area contributed by atoms with Crippen LogP contribution in [0.25, 0.3) is 0 Å². The largest absolute Gasteiger partial charge is 0.485 e. The van der Waals surface area contributed by atoms with Gasteiger partial charge >= 0.3 is 0 Å². The van der Waals surface area contributed by atoms with E-state index in [-0.39, 0.29) is 18.3 Å². The Balaban J connectivity index is 1.45. The van der Waals surface area contributed by atoms with Crippen LogP contribution in [0.15, 0.2) is 47.4 Å². The fourth-order valence-corrected chi connectivity index (χ4v) is 3.31. The van der Waals surface area contributed by atoms with Crippen LogP contribution in [0.1, 0.15) is 11.1 Å². The molecule has 2 amide bonds. The van der Waals surface area contributed by atoms with Crippen molar-refractivity contribution >= 4 is 23.6 Å². The first-order valence-corrected chi connectivity index (χ1v) is 9.19. The van der Waals surface area contributed by atoms with Crippen LogP contribution in [0.2, 0.25) is 0 Å². The summed E-state index contributed by atoms with van der Waals surface area (Å²) < 4.78 is 11.1. The molecule has 1 atom stereocenters. The molecule has 1 heterocycles. The highest BCUT2D eigenvalue weighted by atomic mass is 32.2. The zero-order valence-electron chi connectivity index (χ0n) is 14.6. The normalized spacial score (nSPS) is 15.2. The van der Waals surface area contributed by atoms with E-state index in [1.54, 1.807) is 18.2 Å². The standard InChI is InChI=1S/C19H20N2O4S/c1-12-7-8-17(13(2)9-12)26-11-18(22)20-21-19(23)16-10-24-14-5-3-4-6-15(14)25-16/h3-9,16H,10-11H2,1-2H3,(H,20,22)(H,21,23)/t16-/m0/s1. The molecule has 0 saturated heterocycles. The van der Waals surface area contributed by atoms with Gasteiger partial charge in [-0.2, -0.15) is 0 Å². The molecule has 0 aromatic heterocycles. The summed E-state index contributed by atoms with van der Waals surface area (Å²) in [5.74, 6) is 0.570. The molecule has 0 aliphatic carbocycles. The number of fused-ring (bicyclic) bond motifs is 1. The molecule has 0 radical (unpaired) electrons. The molecule has 0 saturated carbocycles. The van der Waals surface area contributed by atoms with E-state index in [9.17, 15) is 9.59 Å². The van der Waals surface area contributed by atoms with Crippen molar-refractivity contribution in [3.8, 4) is 11.5 Å². The van der Waals surface area contributed by atoms with E-state index in [0.29, 0.717) is 11.5 Å². The van der Waals surface area contributed by atoms with E-state index in [1.807, 2.05) is 32.0 Å². The predicted molar refractivity (Wildman–Crippen MR) is 99.3 cm³/mol. The van der Waals surface area contributed by atoms with Crippen LogP contribution in [0.5, 0.6) is 11.5 Å². The molecule has 0 bridgehead atoms. The third-order valence-corrected chi connectivity index (χ3v) is 4.99. The van der Waals surface area contributed by atoms with Gasteiger partial charge in [-0.1, -0.05) is 29.8 Å². The molecule has 3 rings (SSSR count). The van der Waals surface area contributed by atoms with E-state index in [1.165, 1.54) is 17.3 Å². The molecule has 7 heteroatoms. The fraction of sp³-hybridized carbons (Fsp3) is 0.263. The van der Waals surface area contributed by atoms with E-state index < -0.39 is 12.0 Å². The number of aryl methyl sites for hydroxylation is 2. The zero-order valence-corrected chi connectivity index (χ0v) is 15.4. The monoisotopic (exact) mass is 372 g/mol. The highest BCUT2D eigenvalue weighted by Gasteiger charge is 2.27. The van der Waals surface area contributed by atoms with Gasteiger partial charge < -0.3 is 9.47 Å². The first-order chi connectivity index (χ1) is 12.5. The fourth-order valence-electron chi connectivity index (χ4n) is 2.50. The SMILES string of the molecule is Cc1ccc(SCC(=O)NNC(=O)[C@@H]2COc3ccccc3O2)c(C)c1. The molecule has 2 aromatic carbocycles. The number of benzene rings is 2. The van der Waals surface area contributed by atoms with E-state index in [4.69, 9.17) is 9.47 Å². The first kappa shape index (κ1) is 18.1. The molecule has 2 aromatic rings. The molecule has 0 unspecified atom stereocenters. The van der Waals surface area contributed by atoms with Crippen LogP contribution < -0.4 is 20.3 Å². The van der Waals surface area contributed by atoms with Gasteiger partial charge in [0.2, 0.25) is 12.0 Å². The van der Waals surface area contributed by atoms with Crippen LogP contribution in [0.3, 0.4) is 0 Å². The lowest BCUT2D eigenvalue weighted by Gasteiger charge is -2.25. The second kappa shape index (κ2) is 8.14. The Hall–Kier alpha value is -2.67. The second-order valence-corrected chi connectivity index (χ2v) is 6.98. The molecule has 1 aliphatic heterocycles. The van der Waals surface area contributed by atoms with Gasteiger partial charge in [-0.15, -0.1) is 11.8 Å². The highest BCUT2D eigenvalue weighted by Crippen LogP contribution is 2.30. The van der Waals surface area contributed by atoms with Crippen molar-refractivity contribution in [3.05, 3.63) is 53.6 Å². The number of thioether (sulfide) groups is 1. The topological polar surface area (TPSA) is 76.7 Å². The van der Waals surface area contributed by atoms with Gasteiger partial charge in [-0.25, -0.2) is 0 Å². The number of amides is 2. The number of carbonyl (C=O) groups excluding carboxylic acids is 2. The number of hydrazine groups is 1. The van der Waals surface area contributed by atoms with Crippen LogP contribution in [-0.2, 0) is 9.59 Å². The number of rotatable bonds is 4. The number of para-hydroxylation sites is 2. The Kier molecular flexibility index (Phi) is 5.68. The summed E-state index contributed by atoms with van der Waals surface area (Å²) >= 11 is 1.42. The number of nitrogens with one attached hydrogen (secondary N) is 2. The summed E-state index contributed by atoms with van der Waals surface area (Å²) in [5.41, 5.74) is 7.10. The zero-order chi connectivity index (χ0) is 18.5. The molecule has 2 N–H and O–H groups in total. The minimum atomic E-state index is -0.808. The van der Waals surface area contributed by atoms with Crippen molar-refractivity contribution in [2.45, 2.75) is 24.8 Å². The van der Waals surface area contributed by atoms with E-state index in [0.717, 1.165) is 10.5 Å². The van der Waals surface area contributed by atoms with Gasteiger partial charge in [0.05, 0.1) is 5.75 Å². The molecule has 1 aliphatic rings. The van der Waals surface area contributed by atoms with Gasteiger partial charge in [0.15, 0.2) is 11.5 Å². The molecule has 0 fully saturated rings. The van der Waals surface area contributed by atoms with Crippen molar-refractivity contribution in [1.82, 2.24) is 10.9 Å². The second-order valence-electron chi connectivity index (χ2n) is 5.96. The van der Waals surface area contributed by atoms with Crippen molar-refractivity contribution in [2.75, 3.05) is 12.4 Å². The van der Waals surface area contributed by atoms with Crippen LogP contribution in [0.4, 0.5) is 0 Å². The summed E-state index contributed by atoms with van der Waals surface area (Å²) in [5, 5.41) is 0. The highest BCUT2D eigenvalue weighted by molar-refractivity contribution is 8.00. The van der Waals surface area contributed by atoms with Crippen molar-refractivity contribution < 1.29 is 19.1 Å². The van der Waals surface area contributed by atoms with Crippen molar-refractivity contribution in [1.29, 1.82) is 0 Å². The van der Waals surface area contributed by atoms with Crippen molar-refractivity contribution in [3.63, 3.8) is 0 Å². The quantitative estimate of drug-likeness (QED) is 0.637. The summed E-state index contributed by atoms with van der Waals surface area (Å²) in [6.45, 7) is 4.13. The number of hydrogen-bond donors (Lipinski definition) is 2. The Morgan fingerprint density at radius 2 is 1.88 bits per heavy atom. The third-order valence-electron chi connectivity index (χ3n) is 3.82. The van der Waals surface area contributed by atoms with Gasteiger partial charge in [-0.05, 0) is 37.6 Å². The smallest absolute Gasteiger partial charge is 0.283 e. The number of ether oxygens (including phenoxy) is 2. The lowest BCUT2D eigenvalue weighted by molar-refractivity contribution is -0.134. The molecule has 136 valence electrons. The maximum absolute atomic E-state index is 12.1. The third kappa shape index (κ3) is 4.49. The molecular weight excluding hydrogens is 352 g/mol. The maximum atomic E-state index is 12.1. The molecule has 6 nitrogen and oxygen atoms in total. The molecular formula is C19H20N2O4S. The Bertz CT molecular complexity index is 825. The Morgan fingerprint density at radius 3 is 2.65 bits per heavy atom. The molecule has 26 heavy (non-hydrogen) atoms. The van der Waals surface area contributed by atoms with Gasteiger partial charge in [0, 0.05) is 4.90 Å². The van der Waals surface area contributed by atoms with Crippen LogP contribution in [0, 0.1) is 13.8 Å². The number of hydrogen-bond acceptors (Lipinski definition) is 5. The summed E-state index contributed by atoms with van der Waals surface area (Å²) in [6, 6.07) is 13.2. The van der Waals surface area contributed by atoms with Crippen LogP contribution in [-0.4, -0.2) is 30.3 Å². The molecule has 0 spiro atoms. The minimum Gasteiger partial charge on any atom is -0.485 e. The van der Waals surface area contributed by atoms with Crippen LogP contribution >= 0.6 is 11.8 Å². The predicted octanol–water partition coefficient (Wildman–Crippen LogP) is 2.38. The Labute approximate surface area is 156 Å². The lowest BCUT2D eigenvalue weighted by Crippen LogP contribution is -2.51. The van der Waals surface area contributed by atoms with Gasteiger partial charge in [0.25, 0.3) is 5.91 Å². The maximum Gasteiger partial charge on any atom is 0.283 e. The van der Waals surface area contributed by atoms with E-state index in [2.05, 4.69) is 16.9 Å². The van der Waals surface area contributed by atoms with Gasteiger partial charge in [0.1, 0.15) is 6.61 Å². The summed E-state index contributed by atoms with van der Waals surface area (Å²) in [4.78, 5) is 25.1. The summed E-state index contributed by atoms with van der Waals surface area (Å²) in [6.07, 6.45) is -0.808. The average Bonchev–Trinajstić information content (AvgIpc) is 2.65. The van der Waals surface area contributed by atoms with Crippen molar-refractivity contribution in [2.24, 2.45) is 0 Å². The minimum absolute atomic E-state index is 0.0933. The van der Waals surface area contributed by atoms with E-state index >= 15 is 0 Å². The number of carbonyl (C=O) groups is 2. The lowest BCUT2D eigenvalue weighted by atomic mass is 10.2. The first-order valence-electron chi connectivity index (χ1n) is 8.20. The summed E-state index contributed by atoms with van der Waals surface area (Å²) in [7, 11) is 0.